The molecule has 0 aliphatic heterocycles. The summed E-state index contributed by atoms with van der Waals surface area (Å²) in [6.45, 7) is 10.2. The molecule has 0 fully saturated rings. The summed E-state index contributed by atoms with van der Waals surface area (Å²) < 4.78 is 5.12. The van der Waals surface area contributed by atoms with E-state index in [0.717, 1.165) is 18.4 Å². The van der Waals surface area contributed by atoms with E-state index >= 15 is 0 Å². The van der Waals surface area contributed by atoms with Crippen LogP contribution in [0, 0.1) is 11.8 Å². The smallest absolute Gasteiger partial charge is 0.305 e. The molecule has 5 N–H and O–H groups in total. The third-order valence-corrected chi connectivity index (χ3v) is 5.70. The average Bonchev–Trinajstić information content (AvgIpc) is 2.84. The van der Waals surface area contributed by atoms with Crippen molar-refractivity contribution >= 4 is 29.4 Å². The lowest BCUT2D eigenvalue weighted by molar-refractivity contribution is -0.144. The van der Waals surface area contributed by atoms with E-state index in [1.807, 2.05) is 27.7 Å². The molecular formula is C27H44N4O5. The van der Waals surface area contributed by atoms with Crippen LogP contribution in [0.25, 0.3) is 0 Å². The maximum atomic E-state index is 13.1. The fourth-order valence-electron chi connectivity index (χ4n) is 3.40. The van der Waals surface area contributed by atoms with Gasteiger partial charge in [0.1, 0.15) is 18.7 Å². The number of hydrogen-bond donors (Lipinski definition) is 4. The Morgan fingerprint density at radius 3 is 2.14 bits per heavy atom. The Morgan fingerprint density at radius 2 is 1.58 bits per heavy atom. The third-order valence-electron chi connectivity index (χ3n) is 5.70. The first kappa shape index (κ1) is 31.1. The molecular weight excluding hydrogens is 460 g/mol. The molecule has 0 aliphatic rings. The van der Waals surface area contributed by atoms with Gasteiger partial charge < -0.3 is 26.4 Å². The zero-order valence-electron chi connectivity index (χ0n) is 22.4. The summed E-state index contributed by atoms with van der Waals surface area (Å²) in [4.78, 5) is 49.8. The number of carbonyl (C=O) groups excluding carboxylic acids is 4. The Kier molecular flexibility index (Phi) is 14.4. The van der Waals surface area contributed by atoms with Crippen LogP contribution in [0.15, 0.2) is 24.3 Å². The topological polar surface area (TPSA) is 140 Å². The summed E-state index contributed by atoms with van der Waals surface area (Å²) in [5.74, 6) is -0.943. The minimum absolute atomic E-state index is 0.143. The van der Waals surface area contributed by atoms with E-state index in [9.17, 15) is 19.2 Å². The number of carbonyl (C=O) groups is 4. The molecule has 9 heteroatoms. The Bertz CT molecular complexity index is 839. The number of rotatable bonds is 16. The van der Waals surface area contributed by atoms with Crippen LogP contribution in [0.1, 0.15) is 78.7 Å². The Morgan fingerprint density at radius 1 is 0.917 bits per heavy atom. The first-order valence-corrected chi connectivity index (χ1v) is 12.9. The van der Waals surface area contributed by atoms with E-state index in [0.29, 0.717) is 43.8 Å². The van der Waals surface area contributed by atoms with Crippen LogP contribution >= 0.6 is 0 Å². The lowest BCUT2D eigenvalue weighted by Gasteiger charge is -2.25. The molecule has 9 nitrogen and oxygen atoms in total. The first-order valence-electron chi connectivity index (χ1n) is 12.9. The lowest BCUT2D eigenvalue weighted by Crippen LogP contribution is -2.54. The number of nitrogens with one attached hydrogen (secondary N) is 3. The predicted molar refractivity (Wildman–Crippen MR) is 141 cm³/mol. The third kappa shape index (κ3) is 12.2. The van der Waals surface area contributed by atoms with Gasteiger partial charge in [-0.15, -0.1) is 0 Å². The molecule has 0 aromatic heterocycles. The molecule has 0 heterocycles. The van der Waals surface area contributed by atoms with Crippen molar-refractivity contribution in [3.63, 3.8) is 0 Å². The molecule has 2 atom stereocenters. The molecule has 0 saturated heterocycles. The van der Waals surface area contributed by atoms with Gasteiger partial charge in [0.25, 0.3) is 0 Å². The van der Waals surface area contributed by atoms with Crippen molar-refractivity contribution in [1.29, 1.82) is 0 Å². The summed E-state index contributed by atoms with van der Waals surface area (Å²) in [5, 5.41) is 8.50. The van der Waals surface area contributed by atoms with E-state index in [-0.39, 0.29) is 36.2 Å². The van der Waals surface area contributed by atoms with Crippen LogP contribution in [0.2, 0.25) is 0 Å². The van der Waals surface area contributed by atoms with E-state index in [2.05, 4.69) is 16.0 Å². The van der Waals surface area contributed by atoms with Gasteiger partial charge in [0.05, 0.1) is 0 Å². The number of anilines is 1. The fourth-order valence-corrected chi connectivity index (χ4v) is 3.40. The van der Waals surface area contributed by atoms with Gasteiger partial charge in [-0.25, -0.2) is 0 Å². The summed E-state index contributed by atoms with van der Waals surface area (Å²) in [6.07, 6.45) is 3.22. The molecule has 202 valence electrons. The highest BCUT2D eigenvalue weighted by Gasteiger charge is 2.28. The standard InChI is InChI=1S/C27H44N4O5/c1-6-24(33)36-17-20-11-13-21(14-12-20)29-26(34)22(9-7-8-16-28)30-27(35)25(19(4)5)31-23(32)15-10-18(2)3/h11-14,18-19,22,25H,6-10,15-17,28H2,1-5H3,(H,29,34)(H,30,35)(H,31,32)/t22-,25-/m0/s1. The number of nitrogens with two attached hydrogens (primary N) is 1. The number of amides is 3. The highest BCUT2D eigenvalue weighted by Crippen LogP contribution is 2.13. The SMILES string of the molecule is CCC(=O)OCc1ccc(NC(=O)[C@H](CCCCN)NC(=O)[C@@H](NC(=O)CCC(C)C)C(C)C)cc1. The predicted octanol–water partition coefficient (Wildman–Crippen LogP) is 3.27. The Labute approximate surface area is 215 Å². The molecule has 36 heavy (non-hydrogen) atoms. The number of hydrogen-bond acceptors (Lipinski definition) is 6. The summed E-state index contributed by atoms with van der Waals surface area (Å²) in [5.41, 5.74) is 6.97. The van der Waals surface area contributed by atoms with Gasteiger partial charge >= 0.3 is 5.97 Å². The molecule has 0 spiro atoms. The zero-order chi connectivity index (χ0) is 27.1. The van der Waals surface area contributed by atoms with Crippen LogP contribution in [-0.2, 0) is 30.5 Å². The molecule has 0 aliphatic carbocycles. The van der Waals surface area contributed by atoms with E-state index in [1.54, 1.807) is 31.2 Å². The second-order valence-electron chi connectivity index (χ2n) is 9.77. The van der Waals surface area contributed by atoms with E-state index in [1.165, 1.54) is 0 Å². The van der Waals surface area contributed by atoms with Gasteiger partial charge in [0, 0.05) is 18.5 Å². The van der Waals surface area contributed by atoms with Crippen molar-refractivity contribution in [3.8, 4) is 0 Å². The fraction of sp³-hybridized carbons (Fsp3) is 0.630. The van der Waals surface area contributed by atoms with Crippen molar-refractivity contribution in [3.05, 3.63) is 29.8 Å². The molecule has 0 saturated carbocycles. The van der Waals surface area contributed by atoms with Gasteiger partial charge in [0.2, 0.25) is 17.7 Å². The first-order chi connectivity index (χ1) is 17.1. The summed E-state index contributed by atoms with van der Waals surface area (Å²) in [6, 6.07) is 5.46. The van der Waals surface area contributed by atoms with Crippen LogP contribution < -0.4 is 21.7 Å². The van der Waals surface area contributed by atoms with Crippen molar-refractivity contribution < 1.29 is 23.9 Å². The Hall–Kier alpha value is -2.94. The summed E-state index contributed by atoms with van der Waals surface area (Å²) in [7, 11) is 0. The lowest BCUT2D eigenvalue weighted by atomic mass is 10.0. The molecule has 0 unspecified atom stereocenters. The van der Waals surface area contributed by atoms with Gasteiger partial charge in [-0.3, -0.25) is 19.2 Å². The quantitative estimate of drug-likeness (QED) is 0.201. The molecule has 1 rings (SSSR count). The van der Waals surface area contributed by atoms with Gasteiger partial charge in [0.15, 0.2) is 0 Å². The number of esters is 1. The van der Waals surface area contributed by atoms with E-state index < -0.39 is 12.1 Å². The van der Waals surface area contributed by atoms with Crippen LogP contribution in [0.3, 0.4) is 0 Å². The van der Waals surface area contributed by atoms with Crippen molar-refractivity contribution in [2.24, 2.45) is 17.6 Å². The maximum absolute atomic E-state index is 13.1. The molecule has 1 aromatic carbocycles. The number of ether oxygens (including phenoxy) is 1. The second-order valence-corrected chi connectivity index (χ2v) is 9.77. The van der Waals surface area contributed by atoms with Gasteiger partial charge in [-0.1, -0.05) is 46.8 Å². The van der Waals surface area contributed by atoms with Crippen LogP contribution in [-0.4, -0.2) is 42.3 Å². The normalized spacial score (nSPS) is 12.7. The Balaban J connectivity index is 2.84. The van der Waals surface area contributed by atoms with Crippen LogP contribution in [0.4, 0.5) is 5.69 Å². The maximum Gasteiger partial charge on any atom is 0.305 e. The highest BCUT2D eigenvalue weighted by atomic mass is 16.5. The molecule has 0 radical (unpaired) electrons. The largest absolute Gasteiger partial charge is 0.461 e. The minimum Gasteiger partial charge on any atom is -0.461 e. The van der Waals surface area contributed by atoms with E-state index in [4.69, 9.17) is 10.5 Å². The molecule has 3 amide bonds. The average molecular weight is 505 g/mol. The number of unbranched alkanes of at least 4 members (excludes halogenated alkanes) is 1. The van der Waals surface area contributed by atoms with Crippen molar-refractivity contribution in [2.75, 3.05) is 11.9 Å². The van der Waals surface area contributed by atoms with Crippen LogP contribution in [0.5, 0.6) is 0 Å². The summed E-state index contributed by atoms with van der Waals surface area (Å²) >= 11 is 0. The molecule has 0 bridgehead atoms. The van der Waals surface area contributed by atoms with Gasteiger partial charge in [-0.05, 0) is 61.8 Å². The van der Waals surface area contributed by atoms with Crippen molar-refractivity contribution in [2.45, 2.75) is 91.8 Å². The monoisotopic (exact) mass is 504 g/mol. The number of benzene rings is 1. The van der Waals surface area contributed by atoms with Gasteiger partial charge in [-0.2, -0.15) is 0 Å². The zero-order valence-corrected chi connectivity index (χ0v) is 22.4. The second kappa shape index (κ2) is 16.7. The van der Waals surface area contributed by atoms with Crippen molar-refractivity contribution in [1.82, 2.24) is 10.6 Å². The minimum atomic E-state index is -0.775. The molecule has 1 aromatic rings. The highest BCUT2D eigenvalue weighted by molar-refractivity contribution is 5.98.